The van der Waals surface area contributed by atoms with Crippen molar-refractivity contribution in [3.8, 4) is 0 Å². The normalized spacial score (nSPS) is 11.7. The summed E-state index contributed by atoms with van der Waals surface area (Å²) in [7, 11) is 0. The molecular weight excluding hydrogens is 388 g/mol. The number of hydrogen-bond donors (Lipinski definition) is 1. The molecule has 0 saturated carbocycles. The van der Waals surface area contributed by atoms with E-state index in [9.17, 15) is 9.59 Å². The second-order valence-electron chi connectivity index (χ2n) is 6.83. The second kappa shape index (κ2) is 12.2. The van der Waals surface area contributed by atoms with Gasteiger partial charge in [-0.15, -0.1) is 0 Å². The maximum atomic E-state index is 13.1. The Morgan fingerprint density at radius 2 is 1.76 bits per heavy atom. The lowest BCUT2D eigenvalue weighted by molar-refractivity contribution is -0.140. The Balaban J connectivity index is 2.05. The van der Waals surface area contributed by atoms with E-state index in [0.717, 1.165) is 17.5 Å². The van der Waals surface area contributed by atoms with Gasteiger partial charge < -0.3 is 15.0 Å². The van der Waals surface area contributed by atoms with Crippen molar-refractivity contribution in [2.45, 2.75) is 39.3 Å². The first-order valence-electron chi connectivity index (χ1n) is 9.94. The summed E-state index contributed by atoms with van der Waals surface area (Å²) in [6, 6.07) is 16.3. The summed E-state index contributed by atoms with van der Waals surface area (Å²) in [4.78, 5) is 27.3. The number of rotatable bonds is 11. The van der Waals surface area contributed by atoms with Crippen molar-refractivity contribution < 1.29 is 14.3 Å². The number of carbonyl (C=O) groups excluding carboxylic acids is 2. The van der Waals surface area contributed by atoms with Crippen molar-refractivity contribution in [3.05, 3.63) is 70.7 Å². The van der Waals surface area contributed by atoms with Gasteiger partial charge in [-0.2, -0.15) is 0 Å². The molecule has 2 amide bonds. The van der Waals surface area contributed by atoms with E-state index in [1.807, 2.05) is 49.4 Å². The molecule has 0 saturated heterocycles. The molecule has 0 aliphatic rings. The molecule has 2 rings (SSSR count). The van der Waals surface area contributed by atoms with Crippen LogP contribution in [-0.4, -0.2) is 42.5 Å². The summed E-state index contributed by atoms with van der Waals surface area (Å²) in [5.41, 5.74) is 1.84. The third-order valence-electron chi connectivity index (χ3n) is 4.60. The fourth-order valence-electron chi connectivity index (χ4n) is 2.92. The van der Waals surface area contributed by atoms with Gasteiger partial charge in [0, 0.05) is 31.3 Å². The summed E-state index contributed by atoms with van der Waals surface area (Å²) in [6.07, 6.45) is 0.954. The van der Waals surface area contributed by atoms with Gasteiger partial charge in [-0.1, -0.05) is 54.1 Å². The van der Waals surface area contributed by atoms with Crippen LogP contribution >= 0.6 is 11.6 Å². The summed E-state index contributed by atoms with van der Waals surface area (Å²) in [5, 5.41) is 3.53. The molecule has 0 heterocycles. The molecule has 0 aliphatic carbocycles. The zero-order valence-corrected chi connectivity index (χ0v) is 17.8. The first-order chi connectivity index (χ1) is 14.0. The lowest BCUT2D eigenvalue weighted by Gasteiger charge is -2.29. The van der Waals surface area contributed by atoms with Crippen LogP contribution in [0.5, 0.6) is 0 Å². The van der Waals surface area contributed by atoms with Gasteiger partial charge in [-0.3, -0.25) is 9.59 Å². The van der Waals surface area contributed by atoms with E-state index in [1.54, 1.807) is 24.0 Å². The molecular formula is C23H29ClN2O3. The smallest absolute Gasteiger partial charge is 0.242 e. The monoisotopic (exact) mass is 416 g/mol. The first-order valence-corrected chi connectivity index (χ1v) is 10.3. The van der Waals surface area contributed by atoms with Crippen LogP contribution in [-0.2, 0) is 27.3 Å². The van der Waals surface area contributed by atoms with Crippen LogP contribution in [0.4, 0.5) is 0 Å². The van der Waals surface area contributed by atoms with E-state index in [4.69, 9.17) is 16.3 Å². The van der Waals surface area contributed by atoms with E-state index in [0.29, 0.717) is 31.3 Å². The highest BCUT2D eigenvalue weighted by molar-refractivity contribution is 6.30. The highest BCUT2D eigenvalue weighted by Crippen LogP contribution is 2.14. The Morgan fingerprint density at radius 1 is 1.07 bits per heavy atom. The molecule has 1 atom stereocenters. The quantitative estimate of drug-likeness (QED) is 0.566. The summed E-state index contributed by atoms with van der Waals surface area (Å²) < 4.78 is 5.29. The first kappa shape index (κ1) is 22.9. The molecule has 156 valence electrons. The van der Waals surface area contributed by atoms with Crippen LogP contribution in [0.2, 0.25) is 5.02 Å². The Kier molecular flexibility index (Phi) is 9.68. The third kappa shape index (κ3) is 7.87. The van der Waals surface area contributed by atoms with Gasteiger partial charge in [0.15, 0.2) is 0 Å². The minimum Gasteiger partial charge on any atom is -0.382 e. The van der Waals surface area contributed by atoms with E-state index in [2.05, 4.69) is 5.32 Å². The zero-order chi connectivity index (χ0) is 21.1. The molecule has 0 spiro atoms. The van der Waals surface area contributed by atoms with E-state index in [1.165, 1.54) is 0 Å². The van der Waals surface area contributed by atoms with Gasteiger partial charge in [0.2, 0.25) is 11.8 Å². The SMILES string of the molecule is CCOCCCNC(=O)[C@@H](C)N(Cc1ccccc1)C(=O)Cc1ccc(Cl)cc1. The highest BCUT2D eigenvalue weighted by Gasteiger charge is 2.26. The molecule has 0 aliphatic heterocycles. The average Bonchev–Trinajstić information content (AvgIpc) is 2.73. The van der Waals surface area contributed by atoms with Crippen molar-refractivity contribution >= 4 is 23.4 Å². The van der Waals surface area contributed by atoms with Crippen LogP contribution < -0.4 is 5.32 Å². The molecule has 29 heavy (non-hydrogen) atoms. The van der Waals surface area contributed by atoms with E-state index in [-0.39, 0.29) is 18.2 Å². The fraction of sp³-hybridized carbons (Fsp3) is 0.391. The number of carbonyl (C=O) groups is 2. The summed E-state index contributed by atoms with van der Waals surface area (Å²) in [6.45, 7) is 5.87. The summed E-state index contributed by atoms with van der Waals surface area (Å²) in [5.74, 6) is -0.268. The minimum atomic E-state index is -0.581. The second-order valence-corrected chi connectivity index (χ2v) is 7.26. The Bertz CT molecular complexity index is 765. The van der Waals surface area contributed by atoms with Crippen molar-refractivity contribution in [3.63, 3.8) is 0 Å². The number of nitrogens with zero attached hydrogens (tertiary/aromatic N) is 1. The van der Waals surface area contributed by atoms with Crippen molar-refractivity contribution in [1.82, 2.24) is 10.2 Å². The van der Waals surface area contributed by atoms with Gasteiger partial charge >= 0.3 is 0 Å². The third-order valence-corrected chi connectivity index (χ3v) is 4.85. The van der Waals surface area contributed by atoms with Crippen LogP contribution in [0.25, 0.3) is 0 Å². The molecule has 0 aromatic heterocycles. The summed E-state index contributed by atoms with van der Waals surface area (Å²) >= 11 is 5.93. The predicted octanol–water partition coefficient (Wildman–Crippen LogP) is 3.84. The molecule has 0 bridgehead atoms. The van der Waals surface area contributed by atoms with Crippen LogP contribution in [0.1, 0.15) is 31.4 Å². The number of ether oxygens (including phenoxy) is 1. The lowest BCUT2D eigenvalue weighted by atomic mass is 10.1. The van der Waals surface area contributed by atoms with Gasteiger partial charge in [0.25, 0.3) is 0 Å². The molecule has 2 aromatic rings. The van der Waals surface area contributed by atoms with Crippen LogP contribution in [0.15, 0.2) is 54.6 Å². The standard InChI is InChI=1S/C23H29ClN2O3/c1-3-29-15-7-14-25-23(28)18(2)26(17-20-8-5-4-6-9-20)22(27)16-19-10-12-21(24)13-11-19/h4-6,8-13,18H,3,7,14-17H2,1-2H3,(H,25,28)/t18-/m1/s1. The number of nitrogens with one attached hydrogen (secondary N) is 1. The van der Waals surface area contributed by atoms with Crippen molar-refractivity contribution in [2.75, 3.05) is 19.8 Å². The lowest BCUT2D eigenvalue weighted by Crippen LogP contribution is -2.48. The topological polar surface area (TPSA) is 58.6 Å². The molecule has 0 unspecified atom stereocenters. The largest absolute Gasteiger partial charge is 0.382 e. The highest BCUT2D eigenvalue weighted by atomic mass is 35.5. The maximum absolute atomic E-state index is 13.1. The van der Waals surface area contributed by atoms with Crippen molar-refractivity contribution in [1.29, 1.82) is 0 Å². The predicted molar refractivity (Wildman–Crippen MR) is 116 cm³/mol. The number of amides is 2. The van der Waals surface area contributed by atoms with Gasteiger partial charge in [0.1, 0.15) is 6.04 Å². The van der Waals surface area contributed by atoms with Gasteiger partial charge in [-0.05, 0) is 43.5 Å². The molecule has 6 heteroatoms. The molecule has 1 N–H and O–H groups in total. The fourth-order valence-corrected chi connectivity index (χ4v) is 3.05. The number of halogens is 1. The Morgan fingerprint density at radius 3 is 2.41 bits per heavy atom. The van der Waals surface area contributed by atoms with E-state index >= 15 is 0 Å². The van der Waals surface area contributed by atoms with Crippen LogP contribution in [0.3, 0.4) is 0 Å². The van der Waals surface area contributed by atoms with Crippen LogP contribution in [0, 0.1) is 0 Å². The van der Waals surface area contributed by atoms with Gasteiger partial charge in [0.05, 0.1) is 6.42 Å². The molecule has 2 aromatic carbocycles. The Labute approximate surface area is 178 Å². The van der Waals surface area contributed by atoms with Crippen molar-refractivity contribution in [2.24, 2.45) is 0 Å². The molecule has 0 radical (unpaired) electrons. The number of benzene rings is 2. The molecule has 0 fully saturated rings. The maximum Gasteiger partial charge on any atom is 0.242 e. The average molecular weight is 417 g/mol. The zero-order valence-electron chi connectivity index (χ0n) is 17.1. The van der Waals surface area contributed by atoms with E-state index < -0.39 is 6.04 Å². The Hall–Kier alpha value is -2.37. The minimum absolute atomic E-state index is 0.104. The molecule has 5 nitrogen and oxygen atoms in total. The van der Waals surface area contributed by atoms with Gasteiger partial charge in [-0.25, -0.2) is 0 Å². The number of hydrogen-bond acceptors (Lipinski definition) is 3.